The van der Waals surface area contributed by atoms with E-state index in [-0.39, 0.29) is 11.7 Å². The van der Waals surface area contributed by atoms with E-state index in [2.05, 4.69) is 5.32 Å². The first kappa shape index (κ1) is 18.3. The largest absolute Gasteiger partial charge is 0.496 e. The summed E-state index contributed by atoms with van der Waals surface area (Å²) in [5.41, 5.74) is 1.49. The molecule has 0 aliphatic carbocycles. The van der Waals surface area contributed by atoms with Gasteiger partial charge in [0.2, 0.25) is 5.91 Å². The predicted molar refractivity (Wildman–Crippen MR) is 93.4 cm³/mol. The molecule has 1 N–H and O–H groups in total. The van der Waals surface area contributed by atoms with E-state index < -0.39 is 0 Å². The van der Waals surface area contributed by atoms with Gasteiger partial charge in [0.15, 0.2) is 11.5 Å². The normalized spacial score (nSPS) is 10.6. The minimum absolute atomic E-state index is 0.277. The number of hydrogen-bond donors (Lipinski definition) is 1. The Morgan fingerprint density at radius 2 is 1.60 bits per heavy atom. The molecule has 1 amide bonds. The maximum atomic E-state index is 12.9. The Bertz CT molecular complexity index is 757. The van der Waals surface area contributed by atoms with Crippen LogP contribution in [0.25, 0.3) is 6.08 Å². The summed E-state index contributed by atoms with van der Waals surface area (Å²) in [6.07, 6.45) is 3.02. The summed E-state index contributed by atoms with van der Waals surface area (Å²) in [5, 5.41) is 2.73. The molecule has 0 atom stereocenters. The zero-order chi connectivity index (χ0) is 18.2. The average Bonchev–Trinajstić information content (AvgIpc) is 2.65. The molecule has 0 aliphatic rings. The van der Waals surface area contributed by atoms with Crippen LogP contribution in [0.2, 0.25) is 0 Å². The highest BCUT2D eigenvalue weighted by Gasteiger charge is 2.10. The molecule has 0 aromatic heterocycles. The molecule has 5 nitrogen and oxygen atoms in total. The first-order chi connectivity index (χ1) is 12.1. The third-order valence-electron chi connectivity index (χ3n) is 3.53. The average molecular weight is 345 g/mol. The molecule has 0 radical (unpaired) electrons. The fourth-order valence-electron chi connectivity index (χ4n) is 2.20. The third kappa shape index (κ3) is 4.97. The van der Waals surface area contributed by atoms with E-state index in [1.54, 1.807) is 30.3 Å². The molecule has 0 unspecified atom stereocenters. The number of carbonyl (C=O) groups excluding carboxylic acids is 1. The molecule has 2 aromatic carbocycles. The maximum Gasteiger partial charge on any atom is 0.244 e. The topological polar surface area (TPSA) is 56.8 Å². The molecular weight excluding hydrogens is 325 g/mol. The number of hydrogen-bond acceptors (Lipinski definition) is 4. The van der Waals surface area contributed by atoms with E-state index in [1.165, 1.54) is 39.5 Å². The van der Waals surface area contributed by atoms with E-state index in [0.29, 0.717) is 29.4 Å². The maximum absolute atomic E-state index is 12.9. The molecule has 0 aliphatic heterocycles. The Labute approximate surface area is 146 Å². The molecule has 2 aromatic rings. The van der Waals surface area contributed by atoms with Crippen molar-refractivity contribution >= 4 is 12.0 Å². The second-order valence-corrected chi connectivity index (χ2v) is 5.13. The van der Waals surface area contributed by atoms with Crippen LogP contribution < -0.4 is 19.5 Å². The fourth-order valence-corrected chi connectivity index (χ4v) is 2.20. The summed E-state index contributed by atoms with van der Waals surface area (Å²) in [4.78, 5) is 12.0. The van der Waals surface area contributed by atoms with Crippen molar-refractivity contribution in [3.8, 4) is 17.2 Å². The SMILES string of the molecule is COc1cc(OC)c(OC)cc1C=CC(=O)NCc1ccc(F)cc1. The Balaban J connectivity index is 2.06. The molecule has 0 fully saturated rings. The van der Waals surface area contributed by atoms with Crippen molar-refractivity contribution in [2.45, 2.75) is 6.54 Å². The van der Waals surface area contributed by atoms with Gasteiger partial charge in [0, 0.05) is 24.3 Å². The highest BCUT2D eigenvalue weighted by molar-refractivity contribution is 5.92. The van der Waals surface area contributed by atoms with Gasteiger partial charge in [0.05, 0.1) is 21.3 Å². The van der Waals surface area contributed by atoms with E-state index in [0.717, 1.165) is 5.56 Å². The van der Waals surface area contributed by atoms with Crippen LogP contribution in [0.1, 0.15) is 11.1 Å². The van der Waals surface area contributed by atoms with Crippen LogP contribution in [0.5, 0.6) is 17.2 Å². The minimum Gasteiger partial charge on any atom is -0.496 e. The lowest BCUT2D eigenvalue weighted by atomic mass is 10.1. The molecule has 132 valence electrons. The summed E-state index contributed by atoms with van der Waals surface area (Å²) in [6, 6.07) is 9.36. The lowest BCUT2D eigenvalue weighted by molar-refractivity contribution is -0.116. The van der Waals surface area contributed by atoms with Gasteiger partial charge in [-0.2, -0.15) is 0 Å². The van der Waals surface area contributed by atoms with E-state index >= 15 is 0 Å². The van der Waals surface area contributed by atoms with Crippen molar-refractivity contribution in [1.82, 2.24) is 5.32 Å². The van der Waals surface area contributed by atoms with Crippen LogP contribution in [-0.2, 0) is 11.3 Å². The van der Waals surface area contributed by atoms with Gasteiger partial charge in [0.25, 0.3) is 0 Å². The van der Waals surface area contributed by atoms with Crippen LogP contribution in [0.3, 0.4) is 0 Å². The van der Waals surface area contributed by atoms with Crippen molar-refractivity contribution in [2.24, 2.45) is 0 Å². The third-order valence-corrected chi connectivity index (χ3v) is 3.53. The highest BCUT2D eigenvalue weighted by atomic mass is 19.1. The van der Waals surface area contributed by atoms with Gasteiger partial charge >= 0.3 is 0 Å². The quantitative estimate of drug-likeness (QED) is 0.783. The Kier molecular flexibility index (Phi) is 6.39. The highest BCUT2D eigenvalue weighted by Crippen LogP contribution is 2.35. The van der Waals surface area contributed by atoms with Gasteiger partial charge in [-0.25, -0.2) is 4.39 Å². The molecule has 0 saturated carbocycles. The molecule has 0 saturated heterocycles. The van der Waals surface area contributed by atoms with Crippen molar-refractivity contribution in [3.63, 3.8) is 0 Å². The number of amides is 1. The Hall–Kier alpha value is -3.02. The zero-order valence-electron chi connectivity index (χ0n) is 14.3. The number of benzene rings is 2. The zero-order valence-corrected chi connectivity index (χ0v) is 14.3. The lowest BCUT2D eigenvalue weighted by Gasteiger charge is -2.12. The molecule has 6 heteroatoms. The van der Waals surface area contributed by atoms with Crippen LogP contribution >= 0.6 is 0 Å². The first-order valence-corrected chi connectivity index (χ1v) is 7.57. The second kappa shape index (κ2) is 8.73. The van der Waals surface area contributed by atoms with Crippen LogP contribution in [-0.4, -0.2) is 27.2 Å². The molecule has 0 spiro atoms. The fraction of sp³-hybridized carbons (Fsp3) is 0.211. The van der Waals surface area contributed by atoms with Crippen LogP contribution in [0.4, 0.5) is 4.39 Å². The van der Waals surface area contributed by atoms with Crippen molar-refractivity contribution < 1.29 is 23.4 Å². The lowest BCUT2D eigenvalue weighted by Crippen LogP contribution is -2.20. The summed E-state index contributed by atoms with van der Waals surface area (Å²) < 4.78 is 28.6. The van der Waals surface area contributed by atoms with Gasteiger partial charge in [-0.3, -0.25) is 4.79 Å². The van der Waals surface area contributed by atoms with E-state index in [1.807, 2.05) is 0 Å². The summed E-state index contributed by atoms with van der Waals surface area (Å²) in [7, 11) is 4.61. The minimum atomic E-state index is -0.310. The predicted octanol–water partition coefficient (Wildman–Crippen LogP) is 3.18. The summed E-state index contributed by atoms with van der Waals surface area (Å²) >= 11 is 0. The molecule has 2 rings (SSSR count). The molecule has 0 heterocycles. The van der Waals surface area contributed by atoms with Gasteiger partial charge in [-0.05, 0) is 29.8 Å². The van der Waals surface area contributed by atoms with Gasteiger partial charge < -0.3 is 19.5 Å². The Morgan fingerprint density at radius 1 is 1.00 bits per heavy atom. The molecule has 25 heavy (non-hydrogen) atoms. The number of halogens is 1. The first-order valence-electron chi connectivity index (χ1n) is 7.57. The van der Waals surface area contributed by atoms with Gasteiger partial charge in [0.1, 0.15) is 11.6 Å². The van der Waals surface area contributed by atoms with Crippen molar-refractivity contribution in [1.29, 1.82) is 0 Å². The van der Waals surface area contributed by atoms with E-state index in [4.69, 9.17) is 14.2 Å². The van der Waals surface area contributed by atoms with Crippen LogP contribution in [0, 0.1) is 5.82 Å². The number of nitrogens with one attached hydrogen (secondary N) is 1. The number of methoxy groups -OCH3 is 3. The standard InChI is InChI=1S/C19H20FNO4/c1-23-16-11-18(25-3)17(24-2)10-14(16)6-9-19(22)21-12-13-4-7-15(20)8-5-13/h4-11H,12H2,1-3H3,(H,21,22). The molecular formula is C19H20FNO4. The van der Waals surface area contributed by atoms with E-state index in [9.17, 15) is 9.18 Å². The molecule has 0 bridgehead atoms. The Morgan fingerprint density at radius 3 is 2.20 bits per heavy atom. The number of rotatable bonds is 7. The number of carbonyl (C=O) groups is 1. The van der Waals surface area contributed by atoms with Crippen molar-refractivity contribution in [2.75, 3.05) is 21.3 Å². The van der Waals surface area contributed by atoms with Gasteiger partial charge in [-0.1, -0.05) is 12.1 Å². The van der Waals surface area contributed by atoms with Crippen molar-refractivity contribution in [3.05, 3.63) is 59.4 Å². The number of ether oxygens (including phenoxy) is 3. The summed E-state index contributed by atoms with van der Waals surface area (Å²) in [5.74, 6) is 1.05. The second-order valence-electron chi connectivity index (χ2n) is 5.13. The van der Waals surface area contributed by atoms with Crippen LogP contribution in [0.15, 0.2) is 42.5 Å². The smallest absolute Gasteiger partial charge is 0.244 e. The summed E-state index contributed by atoms with van der Waals surface area (Å²) in [6.45, 7) is 0.312. The monoisotopic (exact) mass is 345 g/mol. The van der Waals surface area contributed by atoms with Gasteiger partial charge in [-0.15, -0.1) is 0 Å².